The van der Waals surface area contributed by atoms with Crippen molar-refractivity contribution < 1.29 is 4.39 Å². The summed E-state index contributed by atoms with van der Waals surface area (Å²) >= 11 is 3.39. The van der Waals surface area contributed by atoms with E-state index in [2.05, 4.69) is 31.6 Å². The molecule has 1 heterocycles. The molecule has 3 rings (SSSR count). The Morgan fingerprint density at radius 1 is 1.42 bits per heavy atom. The lowest BCUT2D eigenvalue weighted by molar-refractivity contribution is 0.624. The van der Waals surface area contributed by atoms with Gasteiger partial charge in [-0.3, -0.25) is 0 Å². The van der Waals surface area contributed by atoms with Gasteiger partial charge in [0.05, 0.1) is 17.6 Å². The van der Waals surface area contributed by atoms with Crippen LogP contribution in [0.1, 0.15) is 18.5 Å². The van der Waals surface area contributed by atoms with E-state index in [0.29, 0.717) is 12.2 Å². The summed E-state index contributed by atoms with van der Waals surface area (Å²) in [5.41, 5.74) is 1.51. The number of rotatable bonds is 5. The topological polar surface area (TPSA) is 42.7 Å². The van der Waals surface area contributed by atoms with Crippen LogP contribution in [0.2, 0.25) is 0 Å². The van der Waals surface area contributed by atoms with Crippen LogP contribution in [0.25, 0.3) is 5.69 Å². The highest BCUT2D eigenvalue weighted by Crippen LogP contribution is 2.27. The van der Waals surface area contributed by atoms with E-state index < -0.39 is 0 Å². The van der Waals surface area contributed by atoms with Crippen LogP contribution in [0.3, 0.4) is 0 Å². The molecule has 0 amide bonds. The van der Waals surface area contributed by atoms with Crippen molar-refractivity contribution in [2.45, 2.75) is 19.4 Å². The molecule has 1 N–H and O–H groups in total. The maximum Gasteiger partial charge on any atom is 0.125 e. The number of aromatic nitrogens is 3. The first kappa shape index (κ1) is 12.7. The molecule has 100 valence electrons. The molecule has 1 aliphatic carbocycles. The van der Waals surface area contributed by atoms with Crippen LogP contribution in [0.4, 0.5) is 4.39 Å². The lowest BCUT2D eigenvalue weighted by atomic mass is 10.3. The first-order chi connectivity index (χ1) is 9.22. The number of hydrogen-bond acceptors (Lipinski definition) is 3. The second-order valence-corrected chi connectivity index (χ2v) is 5.68. The average Bonchev–Trinajstić information content (AvgIpc) is 3.10. The van der Waals surface area contributed by atoms with Gasteiger partial charge in [-0.15, -0.1) is 5.10 Å². The molecule has 0 unspecified atom stereocenters. The van der Waals surface area contributed by atoms with Crippen LogP contribution in [0, 0.1) is 11.7 Å². The molecule has 2 aromatic rings. The smallest absolute Gasteiger partial charge is 0.125 e. The van der Waals surface area contributed by atoms with Crippen LogP contribution in [0.15, 0.2) is 28.9 Å². The van der Waals surface area contributed by atoms with Gasteiger partial charge in [-0.2, -0.15) is 0 Å². The molecule has 1 fully saturated rings. The maximum absolute atomic E-state index is 13.2. The highest BCUT2D eigenvalue weighted by Gasteiger charge is 2.20. The Labute approximate surface area is 119 Å². The molecular formula is C13H14BrFN4. The lowest BCUT2D eigenvalue weighted by Gasteiger charge is -2.03. The molecule has 1 aliphatic rings. The minimum Gasteiger partial charge on any atom is -0.311 e. The van der Waals surface area contributed by atoms with Gasteiger partial charge in [0.2, 0.25) is 0 Å². The minimum absolute atomic E-state index is 0.290. The molecule has 1 aromatic heterocycles. The Morgan fingerprint density at radius 2 is 2.26 bits per heavy atom. The highest BCUT2D eigenvalue weighted by molar-refractivity contribution is 9.10. The molecule has 0 bridgehead atoms. The third kappa shape index (κ3) is 3.19. The van der Waals surface area contributed by atoms with E-state index in [1.54, 1.807) is 10.7 Å². The van der Waals surface area contributed by atoms with Crippen molar-refractivity contribution >= 4 is 15.9 Å². The van der Waals surface area contributed by atoms with E-state index in [-0.39, 0.29) is 5.82 Å². The second kappa shape index (κ2) is 5.38. The standard InChI is InChI=1S/C13H14BrFN4/c14-12-4-3-10(15)5-13(12)19-8-11(17-18-19)7-16-6-9-1-2-9/h3-5,8-9,16H,1-2,6-7H2. The summed E-state index contributed by atoms with van der Waals surface area (Å²) in [6.07, 6.45) is 4.48. The Balaban J connectivity index is 1.70. The van der Waals surface area contributed by atoms with Crippen molar-refractivity contribution in [1.82, 2.24) is 20.3 Å². The average molecular weight is 325 g/mol. The van der Waals surface area contributed by atoms with Crippen LogP contribution >= 0.6 is 15.9 Å². The highest BCUT2D eigenvalue weighted by atomic mass is 79.9. The Kier molecular flexibility index (Phi) is 3.61. The first-order valence-corrected chi connectivity index (χ1v) is 7.09. The Bertz CT molecular complexity index is 580. The monoisotopic (exact) mass is 324 g/mol. The van der Waals surface area contributed by atoms with Gasteiger partial charge in [0.15, 0.2) is 0 Å². The molecule has 0 aliphatic heterocycles. The van der Waals surface area contributed by atoms with Crippen LogP contribution in [-0.4, -0.2) is 21.5 Å². The predicted octanol–water partition coefficient (Wildman–Crippen LogP) is 2.67. The van der Waals surface area contributed by atoms with Gasteiger partial charge in [0.1, 0.15) is 5.82 Å². The van der Waals surface area contributed by atoms with E-state index in [1.165, 1.54) is 25.0 Å². The maximum atomic E-state index is 13.2. The SMILES string of the molecule is Fc1ccc(Br)c(-n2cc(CNCC3CC3)nn2)c1. The van der Waals surface area contributed by atoms with Gasteiger partial charge in [-0.05, 0) is 53.4 Å². The van der Waals surface area contributed by atoms with Crippen LogP contribution < -0.4 is 5.32 Å². The molecule has 1 aromatic carbocycles. The van der Waals surface area contributed by atoms with Gasteiger partial charge >= 0.3 is 0 Å². The number of nitrogens with zero attached hydrogens (tertiary/aromatic N) is 3. The van der Waals surface area contributed by atoms with Gasteiger partial charge in [0, 0.05) is 17.1 Å². The van der Waals surface area contributed by atoms with Crippen molar-refractivity contribution in [2.24, 2.45) is 5.92 Å². The van der Waals surface area contributed by atoms with Gasteiger partial charge in [-0.25, -0.2) is 9.07 Å². The van der Waals surface area contributed by atoms with Gasteiger partial charge < -0.3 is 5.32 Å². The van der Waals surface area contributed by atoms with Crippen molar-refractivity contribution in [3.05, 3.63) is 40.4 Å². The fourth-order valence-electron chi connectivity index (χ4n) is 1.88. The Morgan fingerprint density at radius 3 is 3.05 bits per heavy atom. The summed E-state index contributed by atoms with van der Waals surface area (Å²) in [4.78, 5) is 0. The van der Waals surface area contributed by atoms with E-state index in [4.69, 9.17) is 0 Å². The summed E-state index contributed by atoms with van der Waals surface area (Å²) in [5, 5.41) is 11.5. The van der Waals surface area contributed by atoms with E-state index in [0.717, 1.165) is 22.6 Å². The van der Waals surface area contributed by atoms with Crippen molar-refractivity contribution in [2.75, 3.05) is 6.54 Å². The van der Waals surface area contributed by atoms with Crippen molar-refractivity contribution in [3.63, 3.8) is 0 Å². The molecular weight excluding hydrogens is 311 g/mol. The first-order valence-electron chi connectivity index (χ1n) is 6.30. The largest absolute Gasteiger partial charge is 0.311 e. The summed E-state index contributed by atoms with van der Waals surface area (Å²) in [6.45, 7) is 1.74. The molecule has 0 saturated heterocycles. The van der Waals surface area contributed by atoms with E-state index in [1.807, 2.05) is 6.20 Å². The minimum atomic E-state index is -0.290. The summed E-state index contributed by atoms with van der Waals surface area (Å²) in [6, 6.07) is 4.50. The summed E-state index contributed by atoms with van der Waals surface area (Å²) in [7, 11) is 0. The van der Waals surface area contributed by atoms with Crippen molar-refractivity contribution in [3.8, 4) is 5.69 Å². The fourth-order valence-corrected chi connectivity index (χ4v) is 2.31. The third-order valence-electron chi connectivity index (χ3n) is 3.13. The number of hydrogen-bond donors (Lipinski definition) is 1. The Hall–Kier alpha value is -1.27. The third-order valence-corrected chi connectivity index (χ3v) is 3.80. The molecule has 6 heteroatoms. The fraction of sp³-hybridized carbons (Fsp3) is 0.385. The van der Waals surface area contributed by atoms with Crippen LogP contribution in [0.5, 0.6) is 0 Å². The van der Waals surface area contributed by atoms with Gasteiger partial charge in [0.25, 0.3) is 0 Å². The van der Waals surface area contributed by atoms with E-state index >= 15 is 0 Å². The summed E-state index contributed by atoms with van der Waals surface area (Å²) < 4.78 is 15.6. The molecule has 0 atom stereocenters. The normalized spacial score (nSPS) is 14.8. The van der Waals surface area contributed by atoms with Gasteiger partial charge in [-0.1, -0.05) is 5.21 Å². The lowest BCUT2D eigenvalue weighted by Crippen LogP contribution is -2.16. The zero-order valence-corrected chi connectivity index (χ0v) is 11.9. The van der Waals surface area contributed by atoms with Crippen molar-refractivity contribution in [1.29, 1.82) is 0 Å². The zero-order chi connectivity index (χ0) is 13.2. The zero-order valence-electron chi connectivity index (χ0n) is 10.3. The number of nitrogens with one attached hydrogen (secondary N) is 1. The number of halogens is 2. The molecule has 0 radical (unpaired) electrons. The molecule has 1 saturated carbocycles. The van der Waals surface area contributed by atoms with Crippen LogP contribution in [-0.2, 0) is 6.54 Å². The molecule has 19 heavy (non-hydrogen) atoms. The quantitative estimate of drug-likeness (QED) is 0.919. The molecule has 4 nitrogen and oxygen atoms in total. The number of benzene rings is 1. The molecule has 0 spiro atoms. The summed E-state index contributed by atoms with van der Waals surface area (Å²) in [5.74, 6) is 0.550. The second-order valence-electron chi connectivity index (χ2n) is 4.82. The predicted molar refractivity (Wildman–Crippen MR) is 73.4 cm³/mol. The van der Waals surface area contributed by atoms with E-state index in [9.17, 15) is 4.39 Å².